The Bertz CT molecular complexity index is 83.3. The summed E-state index contributed by atoms with van der Waals surface area (Å²) < 4.78 is 0. The average Bonchev–Trinajstić information content (AvgIpc) is 1.94. The van der Waals surface area contributed by atoms with Crippen molar-refractivity contribution < 1.29 is 14.6 Å². The van der Waals surface area contributed by atoms with Gasteiger partial charge in [0, 0.05) is 6.54 Å². The molecule has 1 rings (SSSR count). The second-order valence-electron chi connectivity index (χ2n) is 1.47. The molecule has 1 heterocycles. The van der Waals surface area contributed by atoms with Gasteiger partial charge in [-0.3, -0.25) is 4.89 Å². The second-order valence-corrected chi connectivity index (χ2v) is 1.47. The highest BCUT2D eigenvalue weighted by Gasteiger charge is 2.05. The van der Waals surface area contributed by atoms with Gasteiger partial charge < -0.3 is 5.32 Å². The summed E-state index contributed by atoms with van der Waals surface area (Å²) in [5, 5.41) is 2.46. The van der Waals surface area contributed by atoms with E-state index in [0.29, 0.717) is 13.2 Å². The molecule has 0 spiro atoms. The van der Waals surface area contributed by atoms with Gasteiger partial charge in [0.05, 0.1) is 6.61 Å². The van der Waals surface area contributed by atoms with Gasteiger partial charge in [-0.25, -0.2) is 4.79 Å². The van der Waals surface area contributed by atoms with Gasteiger partial charge in [-0.2, -0.15) is 4.89 Å². The molecule has 0 aromatic rings. The van der Waals surface area contributed by atoms with Crippen LogP contribution in [-0.4, -0.2) is 19.2 Å². The number of nitrogens with one attached hydrogen (secondary N) is 1. The minimum absolute atomic E-state index is 0.485. The third-order valence-electron chi connectivity index (χ3n) is 0.808. The minimum atomic E-state index is -0.498. The topological polar surface area (TPSA) is 47.6 Å². The lowest BCUT2D eigenvalue weighted by Gasteiger charge is -1.93. The Hall–Kier alpha value is -0.770. The summed E-state index contributed by atoms with van der Waals surface area (Å²) in [6.45, 7) is 1.12. The predicted octanol–water partition coefficient (Wildman–Crippen LogP) is 0.0479. The lowest BCUT2D eigenvalue weighted by Crippen LogP contribution is -2.21. The lowest BCUT2D eigenvalue weighted by atomic mass is 10.5. The summed E-state index contributed by atoms with van der Waals surface area (Å²) in [6, 6.07) is 0. The molecular weight excluding hydrogens is 110 g/mol. The van der Waals surface area contributed by atoms with E-state index in [2.05, 4.69) is 15.1 Å². The summed E-state index contributed by atoms with van der Waals surface area (Å²) in [5.74, 6) is 0. The van der Waals surface area contributed by atoms with E-state index in [9.17, 15) is 4.79 Å². The third-order valence-corrected chi connectivity index (χ3v) is 0.808. The lowest BCUT2D eigenvalue weighted by molar-refractivity contribution is -0.232. The number of carbonyl (C=O) groups excluding carboxylic acids is 1. The molecule has 0 saturated carbocycles. The second kappa shape index (κ2) is 2.52. The van der Waals surface area contributed by atoms with Crippen LogP contribution in [0.1, 0.15) is 6.42 Å². The van der Waals surface area contributed by atoms with Crippen molar-refractivity contribution in [2.24, 2.45) is 0 Å². The first-order valence-electron chi connectivity index (χ1n) is 2.47. The zero-order valence-electron chi connectivity index (χ0n) is 4.35. The highest BCUT2D eigenvalue weighted by molar-refractivity contribution is 5.66. The van der Waals surface area contributed by atoms with E-state index >= 15 is 0 Å². The maximum atomic E-state index is 10.2. The Morgan fingerprint density at radius 2 is 2.50 bits per heavy atom. The van der Waals surface area contributed by atoms with Gasteiger partial charge in [-0.15, -0.1) is 0 Å². The number of amides is 1. The van der Waals surface area contributed by atoms with Crippen molar-refractivity contribution in [3.8, 4) is 0 Å². The SMILES string of the molecule is O=C1NCCCOO1. The normalized spacial score (nSPS) is 20.8. The van der Waals surface area contributed by atoms with E-state index in [0.717, 1.165) is 6.42 Å². The highest BCUT2D eigenvalue weighted by atomic mass is 17.2. The number of hydrogen-bond acceptors (Lipinski definition) is 3. The molecule has 4 nitrogen and oxygen atoms in total. The molecule has 1 aliphatic heterocycles. The summed E-state index contributed by atoms with van der Waals surface area (Å²) >= 11 is 0. The van der Waals surface area contributed by atoms with E-state index in [1.807, 2.05) is 0 Å². The van der Waals surface area contributed by atoms with E-state index in [1.165, 1.54) is 0 Å². The van der Waals surface area contributed by atoms with E-state index < -0.39 is 6.09 Å². The average molecular weight is 117 g/mol. The van der Waals surface area contributed by atoms with Crippen LogP contribution >= 0.6 is 0 Å². The molecule has 0 atom stereocenters. The summed E-state index contributed by atoms with van der Waals surface area (Å²) in [7, 11) is 0. The van der Waals surface area contributed by atoms with E-state index in [4.69, 9.17) is 0 Å². The Labute approximate surface area is 46.7 Å². The summed E-state index contributed by atoms with van der Waals surface area (Å²) in [6.07, 6.45) is 0.314. The van der Waals surface area contributed by atoms with Gasteiger partial charge in [0.1, 0.15) is 0 Å². The smallest absolute Gasteiger partial charge is 0.319 e. The predicted molar refractivity (Wildman–Crippen MR) is 25.1 cm³/mol. The molecule has 0 aromatic heterocycles. The van der Waals surface area contributed by atoms with Crippen LogP contribution in [-0.2, 0) is 9.78 Å². The Balaban J connectivity index is 2.27. The summed E-state index contributed by atoms with van der Waals surface area (Å²) in [5.41, 5.74) is 0. The van der Waals surface area contributed by atoms with Crippen molar-refractivity contribution in [3.63, 3.8) is 0 Å². The van der Waals surface area contributed by atoms with Gasteiger partial charge >= 0.3 is 6.09 Å². The molecule has 0 bridgehead atoms. The first kappa shape index (κ1) is 5.37. The van der Waals surface area contributed by atoms with Crippen molar-refractivity contribution >= 4 is 6.09 Å². The molecule has 1 aliphatic rings. The first-order valence-corrected chi connectivity index (χ1v) is 2.47. The quantitative estimate of drug-likeness (QED) is 0.456. The Morgan fingerprint density at radius 3 is 3.38 bits per heavy atom. The Morgan fingerprint density at radius 1 is 1.62 bits per heavy atom. The first-order chi connectivity index (χ1) is 3.89. The molecule has 1 fully saturated rings. The van der Waals surface area contributed by atoms with Crippen molar-refractivity contribution in [2.75, 3.05) is 13.2 Å². The molecule has 46 valence electrons. The molecule has 1 saturated heterocycles. The Kier molecular flexibility index (Phi) is 1.69. The standard InChI is InChI=1S/C4H7NO3/c6-4-5-2-1-3-7-8-4/h1-3H2,(H,5,6). The van der Waals surface area contributed by atoms with Crippen LogP contribution in [0.3, 0.4) is 0 Å². The van der Waals surface area contributed by atoms with Crippen LogP contribution < -0.4 is 5.32 Å². The fourth-order valence-electron chi connectivity index (χ4n) is 0.446. The molecule has 1 N–H and O–H groups in total. The molecule has 8 heavy (non-hydrogen) atoms. The van der Waals surface area contributed by atoms with Crippen LogP contribution in [0.2, 0.25) is 0 Å². The number of carbonyl (C=O) groups is 1. The van der Waals surface area contributed by atoms with Crippen LogP contribution in [0.4, 0.5) is 4.79 Å². The van der Waals surface area contributed by atoms with Crippen molar-refractivity contribution in [1.29, 1.82) is 0 Å². The largest absolute Gasteiger partial charge is 0.438 e. The van der Waals surface area contributed by atoms with Crippen LogP contribution in [0.5, 0.6) is 0 Å². The zero-order valence-corrected chi connectivity index (χ0v) is 4.35. The van der Waals surface area contributed by atoms with Gasteiger partial charge in [0.15, 0.2) is 0 Å². The zero-order chi connectivity index (χ0) is 5.82. The summed E-state index contributed by atoms with van der Waals surface area (Å²) in [4.78, 5) is 18.8. The molecule has 1 amide bonds. The molecule has 0 unspecified atom stereocenters. The van der Waals surface area contributed by atoms with Crippen LogP contribution in [0, 0.1) is 0 Å². The van der Waals surface area contributed by atoms with Crippen molar-refractivity contribution in [2.45, 2.75) is 6.42 Å². The molecule has 0 aliphatic carbocycles. The van der Waals surface area contributed by atoms with Gasteiger partial charge in [-0.1, -0.05) is 0 Å². The van der Waals surface area contributed by atoms with E-state index in [-0.39, 0.29) is 0 Å². The molecule has 4 heteroatoms. The number of rotatable bonds is 0. The fraction of sp³-hybridized carbons (Fsp3) is 0.750. The highest BCUT2D eigenvalue weighted by Crippen LogP contribution is 1.89. The maximum absolute atomic E-state index is 10.2. The van der Waals surface area contributed by atoms with Gasteiger partial charge in [0.2, 0.25) is 0 Å². The van der Waals surface area contributed by atoms with Gasteiger partial charge in [-0.05, 0) is 6.42 Å². The minimum Gasteiger partial charge on any atom is -0.319 e. The monoisotopic (exact) mass is 117 g/mol. The van der Waals surface area contributed by atoms with E-state index in [1.54, 1.807) is 0 Å². The molecule has 0 radical (unpaired) electrons. The van der Waals surface area contributed by atoms with Crippen LogP contribution in [0.15, 0.2) is 0 Å². The molecule has 0 aromatic carbocycles. The van der Waals surface area contributed by atoms with Crippen LogP contribution in [0.25, 0.3) is 0 Å². The fourth-order valence-corrected chi connectivity index (χ4v) is 0.446. The third kappa shape index (κ3) is 1.38. The maximum Gasteiger partial charge on any atom is 0.438 e. The van der Waals surface area contributed by atoms with Crippen molar-refractivity contribution in [1.82, 2.24) is 5.32 Å². The van der Waals surface area contributed by atoms with Gasteiger partial charge in [0.25, 0.3) is 0 Å². The van der Waals surface area contributed by atoms with Crippen molar-refractivity contribution in [3.05, 3.63) is 0 Å². The number of hydrogen-bond donors (Lipinski definition) is 1. The molecular formula is C4H7NO3.